The lowest BCUT2D eigenvalue weighted by Gasteiger charge is -2.00. The van der Waals surface area contributed by atoms with Crippen LogP contribution in [0.2, 0.25) is 0 Å². The number of rotatable bonds is 3. The van der Waals surface area contributed by atoms with E-state index in [1.54, 1.807) is 6.20 Å². The summed E-state index contributed by atoms with van der Waals surface area (Å²) in [6.45, 7) is 0.674. The minimum absolute atomic E-state index is 0.674. The number of nitrogens with one attached hydrogen (secondary N) is 1. The summed E-state index contributed by atoms with van der Waals surface area (Å²) < 4.78 is 3.77. The topological polar surface area (TPSA) is 50.7 Å². The van der Waals surface area contributed by atoms with Crippen LogP contribution in [0.4, 0.5) is 5.82 Å². The molecule has 0 amide bonds. The average Bonchev–Trinajstić information content (AvgIpc) is 2.69. The lowest BCUT2D eigenvalue weighted by molar-refractivity contribution is 0.989. The number of hydrogen-bond acceptors (Lipinski definition) is 5. The van der Waals surface area contributed by atoms with Gasteiger partial charge in [0.15, 0.2) is 0 Å². The van der Waals surface area contributed by atoms with Crippen molar-refractivity contribution in [2.75, 3.05) is 5.32 Å². The van der Waals surface area contributed by atoms with Crippen molar-refractivity contribution in [3.05, 3.63) is 35.5 Å². The molecule has 0 aliphatic heterocycles. The highest BCUT2D eigenvalue weighted by Crippen LogP contribution is 2.03. The number of hydrogen-bond donors (Lipinski definition) is 1. The fraction of sp³-hybridized carbons (Fsp3) is 0.125. The molecule has 0 spiro atoms. The van der Waals surface area contributed by atoms with Crippen molar-refractivity contribution in [1.82, 2.24) is 14.6 Å². The van der Waals surface area contributed by atoms with Crippen molar-refractivity contribution in [3.8, 4) is 0 Å². The third kappa shape index (κ3) is 2.22. The van der Waals surface area contributed by atoms with E-state index >= 15 is 0 Å². The molecule has 0 bridgehead atoms. The van der Waals surface area contributed by atoms with Gasteiger partial charge in [0.2, 0.25) is 0 Å². The van der Waals surface area contributed by atoms with E-state index in [0.29, 0.717) is 6.54 Å². The fourth-order valence-corrected chi connectivity index (χ4v) is 1.36. The monoisotopic (exact) mass is 192 g/mol. The molecule has 66 valence electrons. The van der Waals surface area contributed by atoms with E-state index in [-0.39, 0.29) is 0 Å². The van der Waals surface area contributed by atoms with E-state index < -0.39 is 0 Å². The first kappa shape index (κ1) is 8.12. The summed E-state index contributed by atoms with van der Waals surface area (Å²) in [5.41, 5.74) is 0.940. The Morgan fingerprint density at radius 1 is 1.38 bits per heavy atom. The Balaban J connectivity index is 1.94. The standard InChI is InChI=1S/C8H8N4S/c1-2-4-9-8(3-1)10-5-7-6-13-12-11-7/h1-4,6H,5H2,(H,9,10). The van der Waals surface area contributed by atoms with Gasteiger partial charge in [0.25, 0.3) is 0 Å². The van der Waals surface area contributed by atoms with Gasteiger partial charge in [-0.25, -0.2) is 4.98 Å². The van der Waals surface area contributed by atoms with Crippen molar-refractivity contribution in [2.24, 2.45) is 0 Å². The summed E-state index contributed by atoms with van der Waals surface area (Å²) in [5, 5.41) is 8.96. The van der Waals surface area contributed by atoms with Crippen LogP contribution in [0.1, 0.15) is 5.69 Å². The zero-order chi connectivity index (χ0) is 8.93. The number of nitrogens with zero attached hydrogens (tertiary/aromatic N) is 3. The van der Waals surface area contributed by atoms with E-state index in [1.165, 1.54) is 11.5 Å². The first-order chi connectivity index (χ1) is 6.45. The molecule has 0 aromatic carbocycles. The van der Waals surface area contributed by atoms with Crippen molar-refractivity contribution in [1.29, 1.82) is 0 Å². The van der Waals surface area contributed by atoms with E-state index in [9.17, 15) is 0 Å². The molecule has 0 aliphatic rings. The second kappa shape index (κ2) is 3.95. The molecule has 2 rings (SSSR count). The summed E-state index contributed by atoms with van der Waals surface area (Å²) in [4.78, 5) is 4.12. The van der Waals surface area contributed by atoms with Crippen LogP contribution >= 0.6 is 11.5 Å². The van der Waals surface area contributed by atoms with Crippen LogP contribution < -0.4 is 5.32 Å². The van der Waals surface area contributed by atoms with Gasteiger partial charge < -0.3 is 5.32 Å². The molecule has 13 heavy (non-hydrogen) atoms. The molecular weight excluding hydrogens is 184 g/mol. The Labute approximate surface area is 79.8 Å². The van der Waals surface area contributed by atoms with Gasteiger partial charge in [0.05, 0.1) is 12.2 Å². The van der Waals surface area contributed by atoms with Gasteiger partial charge in [-0.3, -0.25) is 0 Å². The summed E-state index contributed by atoms with van der Waals surface area (Å²) >= 11 is 1.35. The zero-order valence-corrected chi connectivity index (χ0v) is 7.66. The van der Waals surface area contributed by atoms with Gasteiger partial charge in [-0.15, -0.1) is 5.10 Å². The van der Waals surface area contributed by atoms with Crippen LogP contribution in [0.3, 0.4) is 0 Å². The van der Waals surface area contributed by atoms with Crippen LogP contribution in [0.5, 0.6) is 0 Å². The van der Waals surface area contributed by atoms with Gasteiger partial charge in [-0.05, 0) is 23.7 Å². The van der Waals surface area contributed by atoms with E-state index in [1.807, 2.05) is 23.6 Å². The molecule has 0 aliphatic carbocycles. The highest BCUT2D eigenvalue weighted by molar-refractivity contribution is 7.03. The van der Waals surface area contributed by atoms with Gasteiger partial charge in [0, 0.05) is 11.6 Å². The van der Waals surface area contributed by atoms with Crippen LogP contribution in [0.15, 0.2) is 29.8 Å². The SMILES string of the molecule is c1ccc(NCc2csnn2)nc1. The Kier molecular flexibility index (Phi) is 2.47. The smallest absolute Gasteiger partial charge is 0.126 e. The van der Waals surface area contributed by atoms with E-state index in [4.69, 9.17) is 0 Å². The average molecular weight is 192 g/mol. The molecule has 1 N–H and O–H groups in total. The highest BCUT2D eigenvalue weighted by atomic mass is 32.1. The van der Waals surface area contributed by atoms with Crippen molar-refractivity contribution >= 4 is 17.4 Å². The number of pyridine rings is 1. The quantitative estimate of drug-likeness (QED) is 0.801. The van der Waals surface area contributed by atoms with Gasteiger partial charge in [0.1, 0.15) is 5.82 Å². The van der Waals surface area contributed by atoms with E-state index in [0.717, 1.165) is 11.5 Å². The number of anilines is 1. The minimum Gasteiger partial charge on any atom is -0.364 e. The van der Waals surface area contributed by atoms with Crippen molar-refractivity contribution < 1.29 is 0 Å². The van der Waals surface area contributed by atoms with Gasteiger partial charge >= 0.3 is 0 Å². The Bertz CT molecular complexity index is 346. The summed E-state index contributed by atoms with van der Waals surface area (Å²) in [6, 6.07) is 5.74. The third-order valence-electron chi connectivity index (χ3n) is 1.52. The Morgan fingerprint density at radius 3 is 3.08 bits per heavy atom. The molecule has 2 aromatic rings. The van der Waals surface area contributed by atoms with Crippen LogP contribution in [-0.2, 0) is 6.54 Å². The second-order valence-corrected chi connectivity index (χ2v) is 3.07. The summed E-state index contributed by atoms with van der Waals surface area (Å²) in [5.74, 6) is 0.857. The molecule has 4 nitrogen and oxygen atoms in total. The van der Waals surface area contributed by atoms with Gasteiger partial charge in [-0.2, -0.15) is 0 Å². The fourth-order valence-electron chi connectivity index (χ4n) is 0.909. The molecule has 5 heteroatoms. The van der Waals surface area contributed by atoms with Crippen LogP contribution in [0, 0.1) is 0 Å². The maximum atomic E-state index is 4.12. The van der Waals surface area contributed by atoms with E-state index in [2.05, 4.69) is 19.9 Å². The summed E-state index contributed by atoms with van der Waals surface area (Å²) in [6.07, 6.45) is 1.75. The molecule has 2 heterocycles. The molecule has 0 fully saturated rings. The molecular formula is C8H8N4S. The molecule has 0 unspecified atom stereocenters. The Hall–Kier alpha value is -1.49. The first-order valence-electron chi connectivity index (χ1n) is 3.86. The molecule has 0 radical (unpaired) electrons. The van der Waals surface area contributed by atoms with Gasteiger partial charge in [-0.1, -0.05) is 10.6 Å². The second-order valence-electron chi connectivity index (χ2n) is 2.46. The molecule has 2 aromatic heterocycles. The maximum Gasteiger partial charge on any atom is 0.126 e. The lowest BCUT2D eigenvalue weighted by Crippen LogP contribution is -2.00. The number of aromatic nitrogens is 3. The Morgan fingerprint density at radius 2 is 2.38 bits per heavy atom. The van der Waals surface area contributed by atoms with Crippen LogP contribution in [0.25, 0.3) is 0 Å². The third-order valence-corrected chi connectivity index (χ3v) is 2.07. The van der Waals surface area contributed by atoms with Crippen molar-refractivity contribution in [3.63, 3.8) is 0 Å². The highest BCUT2D eigenvalue weighted by Gasteiger charge is 1.95. The normalized spacial score (nSPS) is 9.85. The predicted octanol–water partition coefficient (Wildman–Crippen LogP) is 1.55. The minimum atomic E-state index is 0.674. The molecule has 0 atom stereocenters. The van der Waals surface area contributed by atoms with Crippen LogP contribution in [-0.4, -0.2) is 14.6 Å². The predicted molar refractivity (Wildman–Crippen MR) is 51.5 cm³/mol. The maximum absolute atomic E-state index is 4.12. The molecule has 0 saturated carbocycles. The first-order valence-corrected chi connectivity index (χ1v) is 4.69. The molecule has 0 saturated heterocycles. The van der Waals surface area contributed by atoms with Crippen molar-refractivity contribution in [2.45, 2.75) is 6.54 Å². The largest absolute Gasteiger partial charge is 0.364 e. The lowest BCUT2D eigenvalue weighted by atomic mass is 10.4. The zero-order valence-electron chi connectivity index (χ0n) is 6.84. The summed E-state index contributed by atoms with van der Waals surface area (Å²) in [7, 11) is 0.